The molecule has 0 unspecified atom stereocenters. The predicted octanol–water partition coefficient (Wildman–Crippen LogP) is 3.30. The van der Waals surface area contributed by atoms with Gasteiger partial charge in [-0.15, -0.1) is 11.3 Å². The first-order valence-electron chi connectivity index (χ1n) is 7.93. The maximum absolute atomic E-state index is 12.2. The summed E-state index contributed by atoms with van der Waals surface area (Å²) >= 11 is 1.51. The van der Waals surface area contributed by atoms with Gasteiger partial charge in [-0.25, -0.2) is 0 Å². The normalized spacial score (nSPS) is 13.4. The van der Waals surface area contributed by atoms with Crippen molar-refractivity contribution in [3.05, 3.63) is 51.9 Å². The van der Waals surface area contributed by atoms with Crippen LogP contribution in [0.25, 0.3) is 0 Å². The van der Waals surface area contributed by atoms with Crippen molar-refractivity contribution in [3.63, 3.8) is 0 Å². The van der Waals surface area contributed by atoms with E-state index in [4.69, 9.17) is 5.73 Å². The molecule has 0 spiro atoms. The molecule has 2 aromatic rings. The number of benzene rings is 1. The van der Waals surface area contributed by atoms with Gasteiger partial charge < -0.3 is 11.1 Å². The zero-order chi connectivity index (χ0) is 16.2. The molecule has 1 aromatic heterocycles. The number of nitrogens with one attached hydrogen (secondary N) is 1. The van der Waals surface area contributed by atoms with Crippen LogP contribution in [-0.4, -0.2) is 11.8 Å². The molecule has 2 amide bonds. The van der Waals surface area contributed by atoms with E-state index in [-0.39, 0.29) is 5.91 Å². The lowest BCUT2D eigenvalue weighted by atomic mass is 9.95. The first-order valence-corrected chi connectivity index (χ1v) is 8.75. The molecule has 3 rings (SSSR count). The summed E-state index contributed by atoms with van der Waals surface area (Å²) in [6, 6.07) is 9.90. The average molecular weight is 328 g/mol. The van der Waals surface area contributed by atoms with Crippen molar-refractivity contribution < 1.29 is 9.59 Å². The van der Waals surface area contributed by atoms with E-state index in [2.05, 4.69) is 5.32 Å². The summed E-state index contributed by atoms with van der Waals surface area (Å²) in [6.45, 7) is 0. The molecular weight excluding hydrogens is 308 g/mol. The largest absolute Gasteiger partial charge is 0.365 e. The summed E-state index contributed by atoms with van der Waals surface area (Å²) in [7, 11) is 0. The highest BCUT2D eigenvalue weighted by Gasteiger charge is 2.24. The number of rotatable bonds is 5. The standard InChI is InChI=1S/C18H20N2O2S/c19-17(22)16-13-8-4-5-9-14(13)23-18(16)20-15(21)11-10-12-6-2-1-3-7-12/h1-3,6-7H,4-5,8-11H2,(H2,19,22)(H,20,21). The Morgan fingerprint density at radius 1 is 1.13 bits per heavy atom. The zero-order valence-corrected chi connectivity index (χ0v) is 13.7. The molecule has 3 N–H and O–H groups in total. The van der Waals surface area contributed by atoms with Gasteiger partial charge >= 0.3 is 0 Å². The quantitative estimate of drug-likeness (QED) is 0.884. The third-order valence-electron chi connectivity index (χ3n) is 4.15. The lowest BCUT2D eigenvalue weighted by molar-refractivity contribution is -0.116. The summed E-state index contributed by atoms with van der Waals surface area (Å²) in [6.07, 6.45) is 5.14. The van der Waals surface area contributed by atoms with Crippen molar-refractivity contribution in [1.82, 2.24) is 0 Å². The number of hydrogen-bond acceptors (Lipinski definition) is 3. The van der Waals surface area contributed by atoms with Crippen LogP contribution in [0.1, 0.15) is 45.6 Å². The maximum atomic E-state index is 12.2. The van der Waals surface area contributed by atoms with Crippen LogP contribution in [0, 0.1) is 0 Å². The minimum absolute atomic E-state index is 0.0741. The second-order valence-corrected chi connectivity index (χ2v) is 6.92. The fourth-order valence-electron chi connectivity index (χ4n) is 3.01. The highest BCUT2D eigenvalue weighted by atomic mass is 32.1. The second-order valence-electron chi connectivity index (χ2n) is 5.81. The molecule has 0 fully saturated rings. The number of carbonyl (C=O) groups excluding carboxylic acids is 2. The van der Waals surface area contributed by atoms with Crippen LogP contribution in [-0.2, 0) is 24.1 Å². The van der Waals surface area contributed by atoms with Crippen LogP contribution in [0.3, 0.4) is 0 Å². The summed E-state index contributed by atoms with van der Waals surface area (Å²) in [4.78, 5) is 25.2. The maximum Gasteiger partial charge on any atom is 0.251 e. The average Bonchev–Trinajstić information content (AvgIpc) is 2.91. The van der Waals surface area contributed by atoms with Crippen molar-refractivity contribution in [2.24, 2.45) is 5.73 Å². The Kier molecular flexibility index (Phi) is 4.76. The van der Waals surface area contributed by atoms with E-state index in [0.29, 0.717) is 23.4 Å². The lowest BCUT2D eigenvalue weighted by Gasteiger charge is -2.11. The van der Waals surface area contributed by atoms with Crippen LogP contribution in [0.5, 0.6) is 0 Å². The first-order chi connectivity index (χ1) is 11.1. The number of fused-ring (bicyclic) bond motifs is 1. The van der Waals surface area contributed by atoms with Crippen LogP contribution in [0.15, 0.2) is 30.3 Å². The minimum Gasteiger partial charge on any atom is -0.365 e. The fourth-order valence-corrected chi connectivity index (χ4v) is 4.32. The number of carbonyl (C=O) groups is 2. The number of anilines is 1. The molecule has 0 bridgehead atoms. The minimum atomic E-state index is -0.442. The van der Waals surface area contributed by atoms with Crippen LogP contribution < -0.4 is 11.1 Å². The molecule has 1 aliphatic rings. The number of amides is 2. The topological polar surface area (TPSA) is 72.2 Å². The van der Waals surface area contributed by atoms with Gasteiger partial charge in [-0.3, -0.25) is 9.59 Å². The van der Waals surface area contributed by atoms with E-state index >= 15 is 0 Å². The van der Waals surface area contributed by atoms with Crippen molar-refractivity contribution in [2.75, 3.05) is 5.32 Å². The number of primary amides is 1. The molecule has 5 heteroatoms. The van der Waals surface area contributed by atoms with Crippen molar-refractivity contribution in [2.45, 2.75) is 38.5 Å². The van der Waals surface area contributed by atoms with Gasteiger partial charge in [0, 0.05) is 11.3 Å². The monoisotopic (exact) mass is 328 g/mol. The molecule has 0 radical (unpaired) electrons. The van der Waals surface area contributed by atoms with Gasteiger partial charge in [-0.05, 0) is 43.2 Å². The number of aryl methyl sites for hydroxylation is 2. The SMILES string of the molecule is NC(=O)c1c(NC(=O)CCc2ccccc2)sc2c1CCCC2. The van der Waals surface area contributed by atoms with Crippen molar-refractivity contribution in [3.8, 4) is 0 Å². The van der Waals surface area contributed by atoms with E-state index in [0.717, 1.165) is 36.8 Å². The van der Waals surface area contributed by atoms with Gasteiger partial charge in [0.05, 0.1) is 5.56 Å². The van der Waals surface area contributed by atoms with Gasteiger partial charge in [-0.2, -0.15) is 0 Å². The third kappa shape index (κ3) is 3.62. The second kappa shape index (κ2) is 6.96. The molecule has 0 aliphatic heterocycles. The molecular formula is C18H20N2O2S. The van der Waals surface area contributed by atoms with E-state index in [1.807, 2.05) is 30.3 Å². The van der Waals surface area contributed by atoms with Gasteiger partial charge in [0.2, 0.25) is 5.91 Å². The van der Waals surface area contributed by atoms with E-state index in [1.165, 1.54) is 16.2 Å². The molecule has 120 valence electrons. The Labute approximate surface area is 139 Å². The van der Waals surface area contributed by atoms with Crippen LogP contribution in [0.2, 0.25) is 0 Å². The highest BCUT2D eigenvalue weighted by Crippen LogP contribution is 2.37. The molecule has 1 aromatic carbocycles. The van der Waals surface area contributed by atoms with Gasteiger partial charge in [0.15, 0.2) is 0 Å². The summed E-state index contributed by atoms with van der Waals surface area (Å²) < 4.78 is 0. The first kappa shape index (κ1) is 15.7. The van der Waals surface area contributed by atoms with Gasteiger partial charge in [0.25, 0.3) is 5.91 Å². The van der Waals surface area contributed by atoms with Gasteiger partial charge in [0.1, 0.15) is 5.00 Å². The molecule has 0 saturated carbocycles. The van der Waals surface area contributed by atoms with Gasteiger partial charge in [-0.1, -0.05) is 30.3 Å². The number of hydrogen-bond donors (Lipinski definition) is 2. The molecule has 4 nitrogen and oxygen atoms in total. The zero-order valence-electron chi connectivity index (χ0n) is 12.9. The molecule has 1 aliphatic carbocycles. The van der Waals surface area contributed by atoms with Crippen molar-refractivity contribution in [1.29, 1.82) is 0 Å². The lowest BCUT2D eigenvalue weighted by Crippen LogP contribution is -2.18. The number of nitrogens with two attached hydrogens (primary N) is 1. The molecule has 0 atom stereocenters. The van der Waals surface area contributed by atoms with Crippen molar-refractivity contribution >= 4 is 28.2 Å². The van der Waals surface area contributed by atoms with Crippen LogP contribution >= 0.6 is 11.3 Å². The Hall–Kier alpha value is -2.14. The summed E-state index contributed by atoms with van der Waals surface area (Å²) in [5.41, 5.74) is 8.24. The Morgan fingerprint density at radius 3 is 2.61 bits per heavy atom. The van der Waals surface area contributed by atoms with E-state index in [1.54, 1.807) is 0 Å². The molecule has 0 saturated heterocycles. The highest BCUT2D eigenvalue weighted by molar-refractivity contribution is 7.17. The predicted molar refractivity (Wildman–Crippen MR) is 92.9 cm³/mol. The third-order valence-corrected chi connectivity index (χ3v) is 5.36. The fraction of sp³-hybridized carbons (Fsp3) is 0.333. The Balaban J connectivity index is 1.71. The van der Waals surface area contributed by atoms with Crippen LogP contribution in [0.4, 0.5) is 5.00 Å². The van der Waals surface area contributed by atoms with E-state index < -0.39 is 5.91 Å². The Morgan fingerprint density at radius 2 is 1.87 bits per heavy atom. The molecule has 23 heavy (non-hydrogen) atoms. The van der Waals surface area contributed by atoms with E-state index in [9.17, 15) is 9.59 Å². The summed E-state index contributed by atoms with van der Waals surface area (Å²) in [5.74, 6) is -0.516. The Bertz CT molecular complexity index is 722. The smallest absolute Gasteiger partial charge is 0.251 e. The number of thiophene rings is 1. The summed E-state index contributed by atoms with van der Waals surface area (Å²) in [5, 5.41) is 3.53. The molecule has 1 heterocycles.